The van der Waals surface area contributed by atoms with E-state index in [9.17, 15) is 4.79 Å². The first kappa shape index (κ1) is 13.9. The van der Waals surface area contributed by atoms with Gasteiger partial charge in [0, 0.05) is 24.3 Å². The maximum Gasteiger partial charge on any atom is 0.251 e. The van der Waals surface area contributed by atoms with E-state index in [-0.39, 0.29) is 5.91 Å². The van der Waals surface area contributed by atoms with Crippen molar-refractivity contribution in [3.05, 3.63) is 29.8 Å². The zero-order valence-corrected chi connectivity index (χ0v) is 11.9. The summed E-state index contributed by atoms with van der Waals surface area (Å²) < 4.78 is 0. The fourth-order valence-corrected chi connectivity index (χ4v) is 2.88. The third-order valence-corrected chi connectivity index (χ3v) is 4.13. The van der Waals surface area contributed by atoms with Gasteiger partial charge in [-0.1, -0.05) is 19.3 Å². The van der Waals surface area contributed by atoms with Crippen LogP contribution in [0.5, 0.6) is 0 Å². The first-order valence-corrected chi connectivity index (χ1v) is 7.29. The molecular weight excluding hydrogens is 236 g/mol. The molecule has 0 heterocycles. The second-order valence-electron chi connectivity index (χ2n) is 5.49. The fourth-order valence-electron chi connectivity index (χ4n) is 2.88. The Morgan fingerprint density at radius 2 is 1.79 bits per heavy atom. The van der Waals surface area contributed by atoms with Crippen LogP contribution in [0.25, 0.3) is 0 Å². The minimum absolute atomic E-state index is 0.0353. The standard InChI is InChI=1S/C16H24N2O/c1-12(13-6-4-3-5-7-13)18-15-10-8-14(9-11-15)16(19)17-2/h8-13,18H,3-7H2,1-2H3,(H,17,19). The summed E-state index contributed by atoms with van der Waals surface area (Å²) >= 11 is 0. The lowest BCUT2D eigenvalue weighted by Gasteiger charge is -2.29. The van der Waals surface area contributed by atoms with Crippen molar-refractivity contribution in [3.63, 3.8) is 0 Å². The third kappa shape index (κ3) is 3.72. The number of rotatable bonds is 4. The van der Waals surface area contributed by atoms with Crippen molar-refractivity contribution in [2.24, 2.45) is 5.92 Å². The van der Waals surface area contributed by atoms with Gasteiger partial charge in [-0.05, 0) is 49.9 Å². The molecule has 1 aliphatic carbocycles. The molecule has 0 aromatic heterocycles. The molecule has 1 atom stereocenters. The normalized spacial score (nSPS) is 17.8. The summed E-state index contributed by atoms with van der Waals surface area (Å²) in [5.74, 6) is 0.749. The molecule has 0 bridgehead atoms. The monoisotopic (exact) mass is 260 g/mol. The zero-order chi connectivity index (χ0) is 13.7. The lowest BCUT2D eigenvalue weighted by Crippen LogP contribution is -2.27. The Bertz CT molecular complexity index is 407. The summed E-state index contributed by atoms with van der Waals surface area (Å²) in [7, 11) is 1.65. The number of nitrogens with one attached hydrogen (secondary N) is 2. The van der Waals surface area contributed by atoms with Gasteiger partial charge < -0.3 is 10.6 Å². The van der Waals surface area contributed by atoms with Crippen molar-refractivity contribution in [3.8, 4) is 0 Å². The molecule has 0 aliphatic heterocycles. The van der Waals surface area contributed by atoms with Gasteiger partial charge in [-0.2, -0.15) is 0 Å². The molecule has 1 amide bonds. The second-order valence-corrected chi connectivity index (χ2v) is 5.49. The van der Waals surface area contributed by atoms with E-state index in [4.69, 9.17) is 0 Å². The van der Waals surface area contributed by atoms with E-state index in [1.807, 2.05) is 24.3 Å². The smallest absolute Gasteiger partial charge is 0.251 e. The first-order valence-electron chi connectivity index (χ1n) is 7.29. The maximum atomic E-state index is 11.5. The summed E-state index contributed by atoms with van der Waals surface area (Å²) in [6.45, 7) is 2.27. The van der Waals surface area contributed by atoms with E-state index in [1.165, 1.54) is 32.1 Å². The van der Waals surface area contributed by atoms with Gasteiger partial charge in [-0.25, -0.2) is 0 Å². The minimum atomic E-state index is -0.0353. The molecule has 2 rings (SSSR count). The van der Waals surface area contributed by atoms with Crippen molar-refractivity contribution < 1.29 is 4.79 Å². The number of carbonyl (C=O) groups is 1. The predicted molar refractivity (Wildman–Crippen MR) is 79.5 cm³/mol. The average Bonchev–Trinajstić information content (AvgIpc) is 2.48. The van der Waals surface area contributed by atoms with Gasteiger partial charge in [-0.15, -0.1) is 0 Å². The van der Waals surface area contributed by atoms with Crippen molar-refractivity contribution >= 4 is 11.6 Å². The Morgan fingerprint density at radius 1 is 1.16 bits per heavy atom. The fraction of sp³-hybridized carbons (Fsp3) is 0.562. The van der Waals surface area contributed by atoms with Gasteiger partial charge in [0.05, 0.1) is 0 Å². The van der Waals surface area contributed by atoms with E-state index in [2.05, 4.69) is 17.6 Å². The molecule has 3 nitrogen and oxygen atoms in total. The van der Waals surface area contributed by atoms with Crippen LogP contribution >= 0.6 is 0 Å². The highest BCUT2D eigenvalue weighted by molar-refractivity contribution is 5.94. The van der Waals surface area contributed by atoms with Crippen LogP contribution in [0.2, 0.25) is 0 Å². The summed E-state index contributed by atoms with van der Waals surface area (Å²) in [6.07, 6.45) is 6.80. The minimum Gasteiger partial charge on any atom is -0.382 e. The molecule has 0 radical (unpaired) electrons. The first-order chi connectivity index (χ1) is 9.20. The van der Waals surface area contributed by atoms with Crippen LogP contribution in [0.1, 0.15) is 49.4 Å². The number of anilines is 1. The average molecular weight is 260 g/mol. The number of hydrogen-bond donors (Lipinski definition) is 2. The number of hydrogen-bond acceptors (Lipinski definition) is 2. The molecule has 0 saturated heterocycles. The molecule has 1 aromatic rings. The summed E-state index contributed by atoms with van der Waals surface area (Å²) in [4.78, 5) is 11.5. The molecule has 1 aliphatic rings. The van der Waals surface area contributed by atoms with Crippen LogP contribution in [0.15, 0.2) is 24.3 Å². The topological polar surface area (TPSA) is 41.1 Å². The molecule has 1 aromatic carbocycles. The predicted octanol–water partition coefficient (Wildman–Crippen LogP) is 3.43. The largest absolute Gasteiger partial charge is 0.382 e. The Balaban J connectivity index is 1.93. The van der Waals surface area contributed by atoms with E-state index < -0.39 is 0 Å². The van der Waals surface area contributed by atoms with Gasteiger partial charge in [-0.3, -0.25) is 4.79 Å². The number of benzene rings is 1. The van der Waals surface area contributed by atoms with Gasteiger partial charge in [0.2, 0.25) is 0 Å². The zero-order valence-electron chi connectivity index (χ0n) is 11.9. The molecule has 1 fully saturated rings. The van der Waals surface area contributed by atoms with Crippen LogP contribution in [-0.4, -0.2) is 19.0 Å². The second kappa shape index (κ2) is 6.60. The molecule has 104 valence electrons. The van der Waals surface area contributed by atoms with Gasteiger partial charge in [0.15, 0.2) is 0 Å². The quantitative estimate of drug-likeness (QED) is 0.871. The van der Waals surface area contributed by atoms with E-state index >= 15 is 0 Å². The Kier molecular flexibility index (Phi) is 4.83. The lowest BCUT2D eigenvalue weighted by atomic mass is 9.84. The van der Waals surface area contributed by atoms with Crippen LogP contribution in [0.4, 0.5) is 5.69 Å². The van der Waals surface area contributed by atoms with Crippen LogP contribution in [-0.2, 0) is 0 Å². The highest BCUT2D eigenvalue weighted by atomic mass is 16.1. The van der Waals surface area contributed by atoms with Gasteiger partial charge in [0.1, 0.15) is 0 Å². The summed E-state index contributed by atoms with van der Waals surface area (Å²) in [5, 5.41) is 6.20. The van der Waals surface area contributed by atoms with Gasteiger partial charge >= 0.3 is 0 Å². The van der Waals surface area contributed by atoms with Crippen molar-refractivity contribution in [1.29, 1.82) is 0 Å². The van der Waals surface area contributed by atoms with Crippen molar-refractivity contribution in [2.75, 3.05) is 12.4 Å². The van der Waals surface area contributed by atoms with E-state index in [0.717, 1.165) is 11.6 Å². The van der Waals surface area contributed by atoms with Crippen LogP contribution < -0.4 is 10.6 Å². The molecule has 19 heavy (non-hydrogen) atoms. The Hall–Kier alpha value is -1.51. The number of amides is 1. The molecule has 1 unspecified atom stereocenters. The molecule has 0 spiro atoms. The highest BCUT2D eigenvalue weighted by Crippen LogP contribution is 2.28. The van der Waals surface area contributed by atoms with Crippen LogP contribution in [0, 0.1) is 5.92 Å². The van der Waals surface area contributed by atoms with Gasteiger partial charge in [0.25, 0.3) is 5.91 Å². The summed E-state index contributed by atoms with van der Waals surface area (Å²) in [5.41, 5.74) is 1.81. The highest BCUT2D eigenvalue weighted by Gasteiger charge is 2.19. The maximum absolute atomic E-state index is 11.5. The molecular formula is C16H24N2O. The lowest BCUT2D eigenvalue weighted by molar-refractivity contribution is 0.0963. The third-order valence-electron chi connectivity index (χ3n) is 4.13. The summed E-state index contributed by atoms with van der Waals surface area (Å²) in [6, 6.07) is 8.23. The Labute approximate surface area is 115 Å². The molecule has 2 N–H and O–H groups in total. The van der Waals surface area contributed by atoms with Crippen molar-refractivity contribution in [2.45, 2.75) is 45.1 Å². The number of carbonyl (C=O) groups excluding carboxylic acids is 1. The van der Waals surface area contributed by atoms with Crippen LogP contribution in [0.3, 0.4) is 0 Å². The SMILES string of the molecule is CNC(=O)c1ccc(NC(C)C2CCCCC2)cc1. The van der Waals surface area contributed by atoms with E-state index in [0.29, 0.717) is 11.6 Å². The molecule has 1 saturated carbocycles. The van der Waals surface area contributed by atoms with Crippen molar-refractivity contribution in [1.82, 2.24) is 5.32 Å². The Morgan fingerprint density at radius 3 is 2.37 bits per heavy atom. The van der Waals surface area contributed by atoms with E-state index in [1.54, 1.807) is 7.05 Å². The molecule has 3 heteroatoms.